The third-order valence-corrected chi connectivity index (χ3v) is 1.73. The van der Waals surface area contributed by atoms with Gasteiger partial charge in [0.15, 0.2) is 0 Å². The molecule has 0 amide bonds. The fourth-order valence-corrected chi connectivity index (χ4v) is 1.10. The molecule has 13 heavy (non-hydrogen) atoms. The van der Waals surface area contributed by atoms with Crippen molar-refractivity contribution in [2.75, 3.05) is 7.11 Å². The second-order valence-corrected chi connectivity index (χ2v) is 2.87. The fourth-order valence-electron chi connectivity index (χ4n) is 1.10. The number of hydrogen-bond donors (Lipinski definition) is 1. The molecule has 3 nitrogen and oxygen atoms in total. The molecule has 0 aliphatic rings. The Kier molecular flexibility index (Phi) is 2.90. The molecule has 0 aliphatic heterocycles. The quantitative estimate of drug-likeness (QED) is 0.767. The summed E-state index contributed by atoms with van der Waals surface area (Å²) < 4.78 is 4.97. The summed E-state index contributed by atoms with van der Waals surface area (Å²) >= 11 is 0. The van der Waals surface area contributed by atoms with Crippen molar-refractivity contribution in [1.82, 2.24) is 0 Å². The van der Waals surface area contributed by atoms with Gasteiger partial charge in [-0.25, -0.2) is 0 Å². The predicted octanol–water partition coefficient (Wildman–Crippen LogP) is 1.53. The first-order valence-corrected chi connectivity index (χ1v) is 3.99. The number of hydrogen-bond acceptors (Lipinski definition) is 3. The van der Waals surface area contributed by atoms with E-state index in [1.54, 1.807) is 19.2 Å². The lowest BCUT2D eigenvalue weighted by molar-refractivity contribution is -0.116. The zero-order valence-corrected chi connectivity index (χ0v) is 7.70. The number of ketones is 1. The highest BCUT2D eigenvalue weighted by molar-refractivity contribution is 5.79. The van der Waals surface area contributed by atoms with Crippen LogP contribution in [0.15, 0.2) is 18.2 Å². The lowest BCUT2D eigenvalue weighted by atomic mass is 10.1. The number of carbonyl (C=O) groups is 1. The van der Waals surface area contributed by atoms with Crippen molar-refractivity contribution in [2.45, 2.75) is 13.3 Å². The third-order valence-electron chi connectivity index (χ3n) is 1.73. The number of aromatic hydroxyl groups is 1. The van der Waals surface area contributed by atoms with Gasteiger partial charge in [0.2, 0.25) is 0 Å². The average molecular weight is 180 g/mol. The standard InChI is InChI=1S/C10H12O3/c1-7(11)5-8-6-9(13-2)3-4-10(8)12/h3-4,6,12H,5H2,1-2H3. The van der Waals surface area contributed by atoms with E-state index < -0.39 is 0 Å². The summed E-state index contributed by atoms with van der Waals surface area (Å²) in [5, 5.41) is 9.37. The molecule has 0 fully saturated rings. The van der Waals surface area contributed by atoms with Gasteiger partial charge in [-0.1, -0.05) is 0 Å². The van der Waals surface area contributed by atoms with Crippen LogP contribution < -0.4 is 4.74 Å². The van der Waals surface area contributed by atoms with Crippen molar-refractivity contribution in [3.05, 3.63) is 23.8 Å². The largest absolute Gasteiger partial charge is 0.508 e. The summed E-state index contributed by atoms with van der Waals surface area (Å²) in [7, 11) is 1.55. The van der Waals surface area contributed by atoms with Crippen LogP contribution in [-0.4, -0.2) is 18.0 Å². The van der Waals surface area contributed by atoms with Crippen molar-refractivity contribution >= 4 is 5.78 Å². The van der Waals surface area contributed by atoms with Gasteiger partial charge in [-0.2, -0.15) is 0 Å². The first-order valence-electron chi connectivity index (χ1n) is 3.99. The Bertz CT molecular complexity index is 318. The third kappa shape index (κ3) is 2.47. The zero-order chi connectivity index (χ0) is 9.84. The highest BCUT2D eigenvalue weighted by Gasteiger charge is 2.05. The molecule has 0 bridgehead atoms. The van der Waals surface area contributed by atoms with Crippen LogP contribution in [0.2, 0.25) is 0 Å². The number of phenols is 1. The van der Waals surface area contributed by atoms with Crippen molar-refractivity contribution in [3.8, 4) is 11.5 Å². The summed E-state index contributed by atoms with van der Waals surface area (Å²) in [5.74, 6) is 0.800. The van der Waals surface area contributed by atoms with Crippen molar-refractivity contribution in [3.63, 3.8) is 0 Å². The maximum atomic E-state index is 10.8. The van der Waals surface area contributed by atoms with Gasteiger partial charge in [-0.15, -0.1) is 0 Å². The van der Waals surface area contributed by atoms with Crippen molar-refractivity contribution in [2.24, 2.45) is 0 Å². The molecule has 1 aromatic rings. The Morgan fingerprint density at radius 1 is 1.54 bits per heavy atom. The minimum Gasteiger partial charge on any atom is -0.508 e. The number of phenolic OH excluding ortho intramolecular Hbond substituents is 1. The second kappa shape index (κ2) is 3.94. The van der Waals surface area contributed by atoms with Gasteiger partial charge in [0, 0.05) is 12.0 Å². The van der Waals surface area contributed by atoms with Crippen molar-refractivity contribution < 1.29 is 14.6 Å². The van der Waals surface area contributed by atoms with Gasteiger partial charge in [-0.05, 0) is 25.1 Å². The molecule has 0 saturated heterocycles. The number of benzene rings is 1. The Hall–Kier alpha value is -1.51. The molecule has 1 aromatic carbocycles. The molecule has 1 rings (SSSR count). The van der Waals surface area contributed by atoms with Crippen LogP contribution in [0.4, 0.5) is 0 Å². The molecule has 0 heterocycles. The molecule has 0 atom stereocenters. The number of Topliss-reactive ketones (excluding diaryl/α,β-unsaturated/α-hetero) is 1. The molecule has 1 N–H and O–H groups in total. The topological polar surface area (TPSA) is 46.5 Å². The predicted molar refractivity (Wildman–Crippen MR) is 49.0 cm³/mol. The average Bonchev–Trinajstić information content (AvgIpc) is 2.08. The van der Waals surface area contributed by atoms with Crippen LogP contribution >= 0.6 is 0 Å². The molecule has 0 aromatic heterocycles. The summed E-state index contributed by atoms with van der Waals surface area (Å²) in [6.07, 6.45) is 0.239. The van der Waals surface area contributed by atoms with E-state index in [1.807, 2.05) is 0 Å². The van der Waals surface area contributed by atoms with Gasteiger partial charge >= 0.3 is 0 Å². The summed E-state index contributed by atoms with van der Waals surface area (Å²) in [6, 6.07) is 4.84. The number of ether oxygens (including phenoxy) is 1. The van der Waals surface area contributed by atoms with E-state index >= 15 is 0 Å². The van der Waals surface area contributed by atoms with Gasteiger partial charge in [0.25, 0.3) is 0 Å². The molecule has 0 radical (unpaired) electrons. The van der Waals surface area contributed by atoms with Crippen molar-refractivity contribution in [1.29, 1.82) is 0 Å². The Morgan fingerprint density at radius 3 is 2.77 bits per heavy atom. The monoisotopic (exact) mass is 180 g/mol. The van der Waals surface area contributed by atoms with Crippen LogP contribution in [0.3, 0.4) is 0 Å². The molecule has 0 saturated carbocycles. The van der Waals surface area contributed by atoms with E-state index in [9.17, 15) is 9.90 Å². The maximum Gasteiger partial charge on any atom is 0.134 e. The van der Waals surface area contributed by atoms with E-state index in [4.69, 9.17) is 4.74 Å². The maximum absolute atomic E-state index is 10.8. The van der Waals surface area contributed by atoms with Gasteiger partial charge in [0.05, 0.1) is 7.11 Å². The number of carbonyl (C=O) groups excluding carboxylic acids is 1. The summed E-state index contributed by atoms with van der Waals surface area (Å²) in [5.41, 5.74) is 0.604. The molecule has 70 valence electrons. The summed E-state index contributed by atoms with van der Waals surface area (Å²) in [4.78, 5) is 10.8. The van der Waals surface area contributed by atoms with E-state index in [-0.39, 0.29) is 18.0 Å². The molecule has 0 aliphatic carbocycles. The lowest BCUT2D eigenvalue weighted by Gasteiger charge is -2.04. The lowest BCUT2D eigenvalue weighted by Crippen LogP contribution is -1.97. The first kappa shape index (κ1) is 9.58. The Labute approximate surface area is 77.0 Å². The number of rotatable bonds is 3. The minimum atomic E-state index is 0.0172. The molecule has 3 heteroatoms. The number of methoxy groups -OCH3 is 1. The van der Waals surface area contributed by atoms with Crippen LogP contribution in [0.25, 0.3) is 0 Å². The molecular formula is C10H12O3. The molecular weight excluding hydrogens is 168 g/mol. The molecule has 0 unspecified atom stereocenters. The SMILES string of the molecule is COc1ccc(O)c(CC(C)=O)c1. The summed E-state index contributed by atoms with van der Waals surface area (Å²) in [6.45, 7) is 1.49. The second-order valence-electron chi connectivity index (χ2n) is 2.87. The zero-order valence-electron chi connectivity index (χ0n) is 7.70. The van der Waals surface area contributed by atoms with Crippen LogP contribution in [0, 0.1) is 0 Å². The Balaban J connectivity index is 2.96. The first-order chi connectivity index (χ1) is 6.13. The molecule has 0 spiro atoms. The van der Waals surface area contributed by atoms with Gasteiger partial charge in [0.1, 0.15) is 17.3 Å². The Morgan fingerprint density at radius 2 is 2.23 bits per heavy atom. The van der Waals surface area contributed by atoms with Crippen LogP contribution in [-0.2, 0) is 11.2 Å². The van der Waals surface area contributed by atoms with Crippen LogP contribution in [0.1, 0.15) is 12.5 Å². The van der Waals surface area contributed by atoms with Gasteiger partial charge < -0.3 is 9.84 Å². The van der Waals surface area contributed by atoms with E-state index in [0.29, 0.717) is 11.3 Å². The van der Waals surface area contributed by atoms with E-state index in [2.05, 4.69) is 0 Å². The highest BCUT2D eigenvalue weighted by Crippen LogP contribution is 2.23. The van der Waals surface area contributed by atoms with Crippen LogP contribution in [0.5, 0.6) is 11.5 Å². The highest BCUT2D eigenvalue weighted by atomic mass is 16.5. The normalized spacial score (nSPS) is 9.69. The smallest absolute Gasteiger partial charge is 0.134 e. The minimum absolute atomic E-state index is 0.0172. The fraction of sp³-hybridized carbons (Fsp3) is 0.300. The van der Waals surface area contributed by atoms with E-state index in [1.165, 1.54) is 13.0 Å². The van der Waals surface area contributed by atoms with Gasteiger partial charge in [-0.3, -0.25) is 4.79 Å². The van der Waals surface area contributed by atoms with E-state index in [0.717, 1.165) is 0 Å².